The Morgan fingerprint density at radius 2 is 1.88 bits per heavy atom. The lowest BCUT2D eigenvalue weighted by molar-refractivity contribution is -0.135. The van der Waals surface area contributed by atoms with Gasteiger partial charge in [-0.2, -0.15) is 0 Å². The van der Waals surface area contributed by atoms with E-state index in [1.54, 1.807) is 0 Å². The van der Waals surface area contributed by atoms with Crippen LogP contribution in [0, 0.1) is 11.8 Å². The minimum Gasteiger partial charge on any atom is -0.341 e. The van der Waals surface area contributed by atoms with Gasteiger partial charge >= 0.3 is 0 Å². The lowest BCUT2D eigenvalue weighted by Gasteiger charge is -2.36. The molecule has 1 aliphatic rings. The molecule has 17 heavy (non-hydrogen) atoms. The van der Waals surface area contributed by atoms with Crippen molar-refractivity contribution in [3.8, 4) is 0 Å². The third kappa shape index (κ3) is 5.26. The predicted molar refractivity (Wildman–Crippen MR) is 74.5 cm³/mol. The normalized spacial score (nSPS) is 26.2. The summed E-state index contributed by atoms with van der Waals surface area (Å²) in [6.07, 6.45) is 2.32. The van der Waals surface area contributed by atoms with E-state index in [1.807, 2.05) is 11.8 Å². The van der Waals surface area contributed by atoms with Crippen LogP contribution < -0.4 is 5.32 Å². The highest BCUT2D eigenvalue weighted by molar-refractivity contribution is 5.85. The summed E-state index contributed by atoms with van der Waals surface area (Å²) in [5, 5.41) is 3.27. The van der Waals surface area contributed by atoms with Gasteiger partial charge in [0.2, 0.25) is 5.91 Å². The van der Waals surface area contributed by atoms with E-state index in [0.717, 1.165) is 26.1 Å². The molecular weight excluding hydrogens is 236 g/mol. The van der Waals surface area contributed by atoms with Crippen LogP contribution in [-0.4, -0.2) is 36.5 Å². The van der Waals surface area contributed by atoms with Crippen LogP contribution in [-0.2, 0) is 4.79 Å². The Bertz CT molecular complexity index is 225. The number of carbonyl (C=O) groups is 1. The highest BCUT2D eigenvalue weighted by atomic mass is 35.5. The van der Waals surface area contributed by atoms with E-state index in [9.17, 15) is 4.79 Å². The average Bonchev–Trinajstić information content (AvgIpc) is 2.23. The van der Waals surface area contributed by atoms with Gasteiger partial charge in [0.1, 0.15) is 0 Å². The van der Waals surface area contributed by atoms with Crippen LogP contribution in [0.4, 0.5) is 0 Å². The molecule has 1 aliphatic heterocycles. The van der Waals surface area contributed by atoms with Crippen molar-refractivity contribution < 1.29 is 4.79 Å². The number of nitrogens with zero attached hydrogens (tertiary/aromatic N) is 1. The second-order valence-corrected chi connectivity index (χ2v) is 5.37. The van der Waals surface area contributed by atoms with Gasteiger partial charge in [0.05, 0.1) is 6.04 Å². The van der Waals surface area contributed by atoms with Crippen molar-refractivity contribution in [3.05, 3.63) is 0 Å². The average molecular weight is 263 g/mol. The minimum atomic E-state index is -0.0301. The monoisotopic (exact) mass is 262 g/mol. The highest BCUT2D eigenvalue weighted by Crippen LogP contribution is 2.21. The summed E-state index contributed by atoms with van der Waals surface area (Å²) in [7, 11) is 0. The first kappa shape index (κ1) is 16.7. The van der Waals surface area contributed by atoms with Crippen LogP contribution in [0.5, 0.6) is 0 Å². The molecule has 0 aromatic rings. The Kier molecular flexibility index (Phi) is 7.80. The summed E-state index contributed by atoms with van der Waals surface area (Å²) < 4.78 is 0. The molecule has 0 aromatic carbocycles. The van der Waals surface area contributed by atoms with Crippen molar-refractivity contribution in [3.63, 3.8) is 0 Å². The molecule has 0 aromatic heterocycles. The fourth-order valence-electron chi connectivity index (χ4n) is 2.56. The van der Waals surface area contributed by atoms with Gasteiger partial charge in [-0.05, 0) is 38.1 Å². The molecule has 0 spiro atoms. The van der Waals surface area contributed by atoms with E-state index in [2.05, 4.69) is 26.1 Å². The molecule has 3 atom stereocenters. The van der Waals surface area contributed by atoms with E-state index in [0.29, 0.717) is 11.8 Å². The van der Waals surface area contributed by atoms with Gasteiger partial charge in [0.25, 0.3) is 0 Å². The van der Waals surface area contributed by atoms with E-state index in [-0.39, 0.29) is 24.4 Å². The SMILES string of the molecule is CCCNC(C)C(=O)N1CC(C)CC(C)C1.Cl. The van der Waals surface area contributed by atoms with Gasteiger partial charge < -0.3 is 10.2 Å². The minimum absolute atomic E-state index is 0. The first-order valence-corrected chi connectivity index (χ1v) is 6.56. The van der Waals surface area contributed by atoms with E-state index in [4.69, 9.17) is 0 Å². The third-order valence-corrected chi connectivity index (χ3v) is 3.25. The molecule has 1 heterocycles. The molecule has 1 N–H and O–H groups in total. The van der Waals surface area contributed by atoms with Crippen molar-refractivity contribution in [2.24, 2.45) is 11.8 Å². The summed E-state index contributed by atoms with van der Waals surface area (Å²) in [6.45, 7) is 11.4. The quantitative estimate of drug-likeness (QED) is 0.843. The van der Waals surface area contributed by atoms with Crippen molar-refractivity contribution in [2.45, 2.75) is 46.6 Å². The van der Waals surface area contributed by atoms with Gasteiger partial charge in [-0.1, -0.05) is 20.8 Å². The molecule has 102 valence electrons. The Hall–Kier alpha value is -0.280. The first-order chi connectivity index (χ1) is 7.54. The number of amides is 1. The summed E-state index contributed by atoms with van der Waals surface area (Å²) in [6, 6.07) is -0.0301. The van der Waals surface area contributed by atoms with Crippen LogP contribution in [0.15, 0.2) is 0 Å². The number of rotatable bonds is 4. The molecule has 0 aliphatic carbocycles. The first-order valence-electron chi connectivity index (χ1n) is 6.56. The summed E-state index contributed by atoms with van der Waals surface area (Å²) in [5.41, 5.74) is 0. The van der Waals surface area contributed by atoms with Gasteiger partial charge in [-0.15, -0.1) is 12.4 Å². The number of nitrogens with one attached hydrogen (secondary N) is 1. The third-order valence-electron chi connectivity index (χ3n) is 3.25. The van der Waals surface area contributed by atoms with Crippen molar-refractivity contribution in [1.82, 2.24) is 10.2 Å². The van der Waals surface area contributed by atoms with E-state index < -0.39 is 0 Å². The molecule has 0 bridgehead atoms. The van der Waals surface area contributed by atoms with Gasteiger partial charge in [-0.3, -0.25) is 4.79 Å². The highest BCUT2D eigenvalue weighted by Gasteiger charge is 2.27. The topological polar surface area (TPSA) is 32.3 Å². The van der Waals surface area contributed by atoms with E-state index >= 15 is 0 Å². The maximum Gasteiger partial charge on any atom is 0.239 e. The molecule has 0 radical (unpaired) electrons. The fraction of sp³-hybridized carbons (Fsp3) is 0.923. The smallest absolute Gasteiger partial charge is 0.239 e. The van der Waals surface area contributed by atoms with Gasteiger partial charge in [0.15, 0.2) is 0 Å². The molecule has 3 nitrogen and oxygen atoms in total. The Labute approximate surface area is 112 Å². The molecule has 3 unspecified atom stereocenters. The fourth-order valence-corrected chi connectivity index (χ4v) is 2.56. The molecule has 1 rings (SSSR count). The predicted octanol–water partition coefficient (Wildman–Crippen LogP) is 2.30. The molecule has 1 amide bonds. The Morgan fingerprint density at radius 1 is 1.35 bits per heavy atom. The number of likely N-dealkylation sites (tertiary alicyclic amines) is 1. The standard InChI is InChI=1S/C13H26N2O.ClH/c1-5-6-14-12(4)13(16)15-8-10(2)7-11(3)9-15;/h10-12,14H,5-9H2,1-4H3;1H. The van der Waals surface area contributed by atoms with Crippen molar-refractivity contribution in [2.75, 3.05) is 19.6 Å². The summed E-state index contributed by atoms with van der Waals surface area (Å²) in [5.74, 6) is 1.56. The van der Waals surface area contributed by atoms with Crippen LogP contribution in [0.1, 0.15) is 40.5 Å². The van der Waals surface area contributed by atoms with E-state index in [1.165, 1.54) is 6.42 Å². The molecule has 4 heteroatoms. The number of hydrogen-bond donors (Lipinski definition) is 1. The largest absolute Gasteiger partial charge is 0.341 e. The van der Waals surface area contributed by atoms with Crippen LogP contribution in [0.25, 0.3) is 0 Å². The Balaban J connectivity index is 0.00000256. The lowest BCUT2D eigenvalue weighted by Crippen LogP contribution is -2.50. The van der Waals surface area contributed by atoms with Crippen molar-refractivity contribution >= 4 is 18.3 Å². The zero-order chi connectivity index (χ0) is 12.1. The van der Waals surface area contributed by atoms with Crippen molar-refractivity contribution in [1.29, 1.82) is 0 Å². The molecular formula is C13H27ClN2O. The van der Waals surface area contributed by atoms with Crippen LogP contribution >= 0.6 is 12.4 Å². The zero-order valence-electron chi connectivity index (χ0n) is 11.5. The number of halogens is 1. The Morgan fingerprint density at radius 3 is 2.35 bits per heavy atom. The number of piperidine rings is 1. The molecule has 1 fully saturated rings. The second-order valence-electron chi connectivity index (χ2n) is 5.37. The summed E-state index contributed by atoms with van der Waals surface area (Å²) >= 11 is 0. The maximum absolute atomic E-state index is 12.2. The van der Waals surface area contributed by atoms with Crippen LogP contribution in [0.3, 0.4) is 0 Å². The lowest BCUT2D eigenvalue weighted by atomic mass is 9.91. The van der Waals surface area contributed by atoms with Crippen LogP contribution in [0.2, 0.25) is 0 Å². The maximum atomic E-state index is 12.2. The number of hydrogen-bond acceptors (Lipinski definition) is 2. The number of carbonyl (C=O) groups excluding carboxylic acids is 1. The molecule has 1 saturated heterocycles. The van der Waals surface area contributed by atoms with Gasteiger partial charge in [0, 0.05) is 13.1 Å². The zero-order valence-corrected chi connectivity index (χ0v) is 12.3. The summed E-state index contributed by atoms with van der Waals surface area (Å²) in [4.78, 5) is 14.2. The second kappa shape index (κ2) is 7.93. The molecule has 0 saturated carbocycles. The van der Waals surface area contributed by atoms with Gasteiger partial charge in [-0.25, -0.2) is 0 Å².